The summed E-state index contributed by atoms with van der Waals surface area (Å²) in [4.78, 5) is 21.4. The van der Waals surface area contributed by atoms with Crippen LogP contribution in [0.2, 0.25) is 0 Å². The highest BCUT2D eigenvalue weighted by Gasteiger charge is 2.13. The Morgan fingerprint density at radius 3 is 2.84 bits per heavy atom. The van der Waals surface area contributed by atoms with Gasteiger partial charge < -0.3 is 14.3 Å². The van der Waals surface area contributed by atoms with Crippen LogP contribution in [0.4, 0.5) is 5.69 Å². The first-order valence-corrected chi connectivity index (χ1v) is 8.25. The van der Waals surface area contributed by atoms with E-state index >= 15 is 0 Å². The minimum Gasteiger partial charge on any atom is -0.441 e. The number of hydrogen-bond acceptors (Lipinski definition) is 4. The first kappa shape index (κ1) is 15.4. The number of oxazole rings is 1. The predicted molar refractivity (Wildman–Crippen MR) is 96.5 cm³/mol. The quantitative estimate of drug-likeness (QED) is 0.618. The molecule has 0 atom stereocenters. The second-order valence-electron chi connectivity index (χ2n) is 5.92. The van der Waals surface area contributed by atoms with Crippen LogP contribution in [0.15, 0.2) is 46.9 Å². The molecule has 0 aliphatic rings. The Labute approximate surface area is 144 Å². The van der Waals surface area contributed by atoms with Crippen molar-refractivity contribution in [2.45, 2.75) is 26.8 Å². The minimum atomic E-state index is -0.0996. The molecule has 6 heteroatoms. The summed E-state index contributed by atoms with van der Waals surface area (Å²) in [6.45, 7) is 4.06. The molecule has 0 spiro atoms. The van der Waals surface area contributed by atoms with Gasteiger partial charge in [-0.2, -0.15) is 0 Å². The zero-order valence-corrected chi connectivity index (χ0v) is 14.1. The standard InChI is InChI=1S/C19H18N4O2/c1-3-18-22-14-6-4-5-7-16(14)23(18)11-19(24)21-13-8-9-17-15(10-13)20-12(2)25-17/h4-10H,3,11H2,1-2H3,(H,21,24). The van der Waals surface area contributed by atoms with Gasteiger partial charge in [-0.15, -0.1) is 0 Å². The van der Waals surface area contributed by atoms with E-state index in [4.69, 9.17) is 4.42 Å². The summed E-state index contributed by atoms with van der Waals surface area (Å²) in [5.41, 5.74) is 4.03. The van der Waals surface area contributed by atoms with Crippen LogP contribution in [-0.4, -0.2) is 20.4 Å². The molecular weight excluding hydrogens is 316 g/mol. The number of aryl methyl sites for hydroxylation is 2. The molecule has 25 heavy (non-hydrogen) atoms. The van der Waals surface area contributed by atoms with Crippen LogP contribution in [0.1, 0.15) is 18.6 Å². The molecule has 2 heterocycles. The van der Waals surface area contributed by atoms with Crippen molar-refractivity contribution in [2.75, 3.05) is 5.32 Å². The van der Waals surface area contributed by atoms with Crippen molar-refractivity contribution in [3.8, 4) is 0 Å². The lowest BCUT2D eigenvalue weighted by molar-refractivity contribution is -0.116. The molecule has 4 rings (SSSR count). The van der Waals surface area contributed by atoms with Gasteiger partial charge in [-0.05, 0) is 30.3 Å². The largest absolute Gasteiger partial charge is 0.441 e. The van der Waals surface area contributed by atoms with Crippen LogP contribution in [-0.2, 0) is 17.8 Å². The molecule has 0 radical (unpaired) electrons. The molecule has 6 nitrogen and oxygen atoms in total. The molecule has 1 amide bonds. The van der Waals surface area contributed by atoms with Crippen molar-refractivity contribution in [3.05, 3.63) is 54.2 Å². The summed E-state index contributed by atoms with van der Waals surface area (Å²) < 4.78 is 7.42. The van der Waals surface area contributed by atoms with Gasteiger partial charge in [-0.1, -0.05) is 19.1 Å². The highest BCUT2D eigenvalue weighted by Crippen LogP contribution is 2.20. The van der Waals surface area contributed by atoms with Gasteiger partial charge in [-0.3, -0.25) is 4.79 Å². The molecule has 0 aliphatic heterocycles. The van der Waals surface area contributed by atoms with Crippen molar-refractivity contribution < 1.29 is 9.21 Å². The van der Waals surface area contributed by atoms with E-state index in [1.54, 1.807) is 6.92 Å². The third-order valence-corrected chi connectivity index (χ3v) is 4.13. The van der Waals surface area contributed by atoms with Gasteiger partial charge >= 0.3 is 0 Å². The molecule has 4 aromatic rings. The fourth-order valence-electron chi connectivity index (χ4n) is 3.04. The highest BCUT2D eigenvalue weighted by molar-refractivity contribution is 5.93. The van der Waals surface area contributed by atoms with E-state index in [0.29, 0.717) is 17.2 Å². The third-order valence-electron chi connectivity index (χ3n) is 4.13. The van der Waals surface area contributed by atoms with E-state index in [9.17, 15) is 4.79 Å². The van der Waals surface area contributed by atoms with Crippen LogP contribution in [0.5, 0.6) is 0 Å². The second-order valence-corrected chi connectivity index (χ2v) is 5.92. The van der Waals surface area contributed by atoms with E-state index in [0.717, 1.165) is 28.8 Å². The van der Waals surface area contributed by atoms with Gasteiger partial charge in [0.25, 0.3) is 0 Å². The molecule has 0 saturated carbocycles. The normalized spacial score (nSPS) is 11.3. The molecular formula is C19H18N4O2. The van der Waals surface area contributed by atoms with Crippen molar-refractivity contribution in [3.63, 3.8) is 0 Å². The van der Waals surface area contributed by atoms with Gasteiger partial charge in [0.1, 0.15) is 17.9 Å². The summed E-state index contributed by atoms with van der Waals surface area (Å²) in [6.07, 6.45) is 0.770. The Morgan fingerprint density at radius 1 is 1.16 bits per heavy atom. The molecule has 0 fully saturated rings. The van der Waals surface area contributed by atoms with Crippen molar-refractivity contribution in [1.82, 2.24) is 14.5 Å². The highest BCUT2D eigenvalue weighted by atomic mass is 16.3. The van der Waals surface area contributed by atoms with Gasteiger partial charge in [0.05, 0.1) is 11.0 Å². The monoisotopic (exact) mass is 334 g/mol. The van der Waals surface area contributed by atoms with E-state index in [-0.39, 0.29) is 12.5 Å². The molecule has 0 aliphatic carbocycles. The minimum absolute atomic E-state index is 0.0996. The average molecular weight is 334 g/mol. The Bertz CT molecular complexity index is 1080. The average Bonchev–Trinajstić information content (AvgIpc) is 3.14. The van der Waals surface area contributed by atoms with Crippen LogP contribution in [0.3, 0.4) is 0 Å². The molecule has 0 bridgehead atoms. The molecule has 0 saturated heterocycles. The van der Waals surface area contributed by atoms with Crippen molar-refractivity contribution >= 4 is 33.7 Å². The maximum atomic E-state index is 12.5. The summed E-state index contributed by atoms with van der Waals surface area (Å²) >= 11 is 0. The van der Waals surface area contributed by atoms with Gasteiger partial charge in [0, 0.05) is 19.0 Å². The van der Waals surface area contributed by atoms with Crippen LogP contribution < -0.4 is 5.32 Å². The molecule has 1 N–H and O–H groups in total. The van der Waals surface area contributed by atoms with Crippen LogP contribution in [0, 0.1) is 6.92 Å². The smallest absolute Gasteiger partial charge is 0.244 e. The zero-order chi connectivity index (χ0) is 17.4. The van der Waals surface area contributed by atoms with E-state index in [1.165, 1.54) is 0 Å². The summed E-state index contributed by atoms with van der Waals surface area (Å²) in [6, 6.07) is 13.3. The zero-order valence-electron chi connectivity index (χ0n) is 14.1. The predicted octanol–water partition coefficient (Wildman–Crippen LogP) is 3.69. The number of para-hydroxylation sites is 2. The lowest BCUT2D eigenvalue weighted by Crippen LogP contribution is -2.20. The fourth-order valence-corrected chi connectivity index (χ4v) is 3.04. The van der Waals surface area contributed by atoms with Gasteiger partial charge in [0.2, 0.25) is 5.91 Å². The molecule has 126 valence electrons. The molecule has 0 unspecified atom stereocenters. The summed E-state index contributed by atoms with van der Waals surface area (Å²) in [5, 5.41) is 2.93. The Morgan fingerprint density at radius 2 is 2.00 bits per heavy atom. The van der Waals surface area contributed by atoms with Crippen molar-refractivity contribution in [2.24, 2.45) is 0 Å². The molecule has 2 aromatic carbocycles. The first-order valence-electron chi connectivity index (χ1n) is 8.25. The number of nitrogens with zero attached hydrogens (tertiary/aromatic N) is 3. The van der Waals surface area contributed by atoms with Crippen LogP contribution in [0.25, 0.3) is 22.1 Å². The number of imidazole rings is 1. The lowest BCUT2D eigenvalue weighted by Gasteiger charge is -2.09. The lowest BCUT2D eigenvalue weighted by atomic mass is 10.3. The fraction of sp³-hybridized carbons (Fsp3) is 0.211. The van der Waals surface area contributed by atoms with Crippen LogP contribution >= 0.6 is 0 Å². The Balaban J connectivity index is 1.59. The van der Waals surface area contributed by atoms with Crippen molar-refractivity contribution in [1.29, 1.82) is 0 Å². The topological polar surface area (TPSA) is 73.0 Å². The maximum absolute atomic E-state index is 12.5. The summed E-state index contributed by atoms with van der Waals surface area (Å²) in [5.74, 6) is 1.41. The molecule has 2 aromatic heterocycles. The number of benzene rings is 2. The van der Waals surface area contributed by atoms with Gasteiger partial charge in [0.15, 0.2) is 11.5 Å². The third kappa shape index (κ3) is 2.87. The number of aromatic nitrogens is 3. The SMILES string of the molecule is CCc1nc2ccccc2n1CC(=O)Nc1ccc2oc(C)nc2c1. The van der Waals surface area contributed by atoms with E-state index < -0.39 is 0 Å². The van der Waals surface area contributed by atoms with E-state index in [2.05, 4.69) is 15.3 Å². The Kier molecular flexibility index (Phi) is 3.72. The van der Waals surface area contributed by atoms with E-state index in [1.807, 2.05) is 54.0 Å². The number of carbonyl (C=O) groups is 1. The maximum Gasteiger partial charge on any atom is 0.244 e. The number of amides is 1. The first-order chi connectivity index (χ1) is 12.1. The Hall–Kier alpha value is -3.15. The number of nitrogens with one attached hydrogen (secondary N) is 1. The summed E-state index contributed by atoms with van der Waals surface area (Å²) in [7, 11) is 0. The number of anilines is 1. The number of hydrogen-bond donors (Lipinski definition) is 1. The number of fused-ring (bicyclic) bond motifs is 2. The number of rotatable bonds is 4. The number of carbonyl (C=O) groups excluding carboxylic acids is 1. The second kappa shape index (κ2) is 6.05. The van der Waals surface area contributed by atoms with Gasteiger partial charge in [-0.25, -0.2) is 9.97 Å².